The molecule has 9 nitrogen and oxygen atoms in total. The molecule has 0 aliphatic carbocycles. The van der Waals surface area contributed by atoms with Crippen LogP contribution in [0.3, 0.4) is 0 Å². The second-order valence-electron chi connectivity index (χ2n) is 22.2. The van der Waals surface area contributed by atoms with Crippen molar-refractivity contribution in [2.24, 2.45) is 0 Å². The SMILES string of the molecule is CC/C=C\C/C=C\C/C=C\C/C=C\C/C=C\C/C=C\CCCCCCCCCCCCC(=O)NC(COC1OC(CO)C(O)C(O)C1O)C(O)/C=C/CC/C=C/CCCCCCCCCCCCCCCCCCCCCC. The third-order valence-corrected chi connectivity index (χ3v) is 14.9. The monoisotopic (exact) mass is 1090 g/mol. The molecule has 1 rings (SSSR count). The fourth-order valence-electron chi connectivity index (χ4n) is 9.83. The number of carbonyl (C=O) groups excluding carboxylic acids is 1. The number of ether oxygens (including phenoxy) is 2. The molecule has 0 aromatic rings. The third-order valence-electron chi connectivity index (χ3n) is 14.9. The van der Waals surface area contributed by atoms with Gasteiger partial charge in [0.05, 0.1) is 25.4 Å². The number of aliphatic hydroxyl groups excluding tert-OH is 5. The molecule has 1 aliphatic heterocycles. The van der Waals surface area contributed by atoms with Crippen LogP contribution in [0.5, 0.6) is 0 Å². The molecule has 1 amide bonds. The molecular weight excluding hydrogens is 971 g/mol. The van der Waals surface area contributed by atoms with E-state index in [1.165, 1.54) is 167 Å². The first kappa shape index (κ1) is 73.1. The van der Waals surface area contributed by atoms with E-state index in [2.05, 4.69) is 104 Å². The maximum atomic E-state index is 13.1. The summed E-state index contributed by atoms with van der Waals surface area (Å²) in [6.45, 7) is 3.67. The number of aliphatic hydroxyl groups is 5. The highest BCUT2D eigenvalue weighted by molar-refractivity contribution is 5.76. The van der Waals surface area contributed by atoms with Gasteiger partial charge in [-0.25, -0.2) is 0 Å². The first-order valence-corrected chi connectivity index (χ1v) is 32.5. The van der Waals surface area contributed by atoms with E-state index in [0.29, 0.717) is 6.42 Å². The number of carbonyl (C=O) groups is 1. The molecule has 7 unspecified atom stereocenters. The van der Waals surface area contributed by atoms with Crippen LogP contribution in [0.1, 0.15) is 277 Å². The van der Waals surface area contributed by atoms with E-state index in [9.17, 15) is 30.3 Å². The summed E-state index contributed by atoms with van der Waals surface area (Å²) in [6.07, 6.45) is 76.3. The van der Waals surface area contributed by atoms with Gasteiger partial charge >= 0.3 is 0 Å². The first-order chi connectivity index (χ1) is 38.3. The quantitative estimate of drug-likeness (QED) is 0.0261. The summed E-state index contributed by atoms with van der Waals surface area (Å²) in [5.41, 5.74) is 0. The number of unbranched alkanes of at least 4 members (excludes halogenated alkanes) is 31. The summed E-state index contributed by atoms with van der Waals surface area (Å²) < 4.78 is 11.3. The molecule has 0 radical (unpaired) electrons. The van der Waals surface area contributed by atoms with Crippen LogP contribution in [-0.2, 0) is 14.3 Å². The number of hydrogen-bond donors (Lipinski definition) is 6. The Hall–Kier alpha value is -2.89. The molecular formula is C69H121NO8. The van der Waals surface area contributed by atoms with Crippen LogP contribution in [0.25, 0.3) is 0 Å². The summed E-state index contributed by atoms with van der Waals surface area (Å²) in [5.74, 6) is -0.193. The largest absolute Gasteiger partial charge is 0.394 e. The van der Waals surface area contributed by atoms with Gasteiger partial charge in [-0.15, -0.1) is 0 Å². The molecule has 9 heteroatoms. The molecule has 450 valence electrons. The van der Waals surface area contributed by atoms with Crippen LogP contribution in [0.15, 0.2) is 97.2 Å². The van der Waals surface area contributed by atoms with E-state index in [1.807, 2.05) is 6.08 Å². The van der Waals surface area contributed by atoms with Crippen molar-refractivity contribution in [3.8, 4) is 0 Å². The summed E-state index contributed by atoms with van der Waals surface area (Å²) in [6, 6.07) is -0.832. The van der Waals surface area contributed by atoms with Crippen molar-refractivity contribution in [2.45, 2.75) is 320 Å². The highest BCUT2D eigenvalue weighted by Gasteiger charge is 2.44. The van der Waals surface area contributed by atoms with Gasteiger partial charge in [0.25, 0.3) is 0 Å². The van der Waals surface area contributed by atoms with Crippen molar-refractivity contribution < 1.29 is 39.8 Å². The summed E-state index contributed by atoms with van der Waals surface area (Å²) in [7, 11) is 0. The standard InChI is InChI=1S/C69H121NO8/c1-3-5-7-9-11-13-15-17-19-21-23-25-27-29-31-32-33-35-37-39-41-43-45-47-49-51-53-55-57-59-65(73)70-62(61-77-69-68(76)67(75)66(74)64(60-71)78-69)63(72)58-56-54-52-50-48-46-44-42-40-38-36-34-30-28-26-24-22-20-18-16-14-12-10-8-6-4-2/h5,7,11,13,17,19,23,25,29,31,33,35,48,50,56,58,62-64,66-69,71-72,74-76H,3-4,6,8-10,12,14-16,18,20-22,24,26-28,30,32,34,36-47,49,51-55,57,59-61H2,1-2H3,(H,70,73)/b7-5-,13-11-,19-17-,25-23-,31-29-,35-33-,50-48+,58-56+. The van der Waals surface area contributed by atoms with E-state index in [1.54, 1.807) is 6.08 Å². The molecule has 0 saturated carbocycles. The highest BCUT2D eigenvalue weighted by Crippen LogP contribution is 2.23. The molecule has 1 heterocycles. The second-order valence-corrected chi connectivity index (χ2v) is 22.2. The zero-order valence-electron chi connectivity index (χ0n) is 50.1. The summed E-state index contributed by atoms with van der Waals surface area (Å²) in [5, 5.41) is 54.7. The maximum Gasteiger partial charge on any atom is 0.220 e. The van der Waals surface area contributed by atoms with Gasteiger partial charge in [-0.2, -0.15) is 0 Å². The molecule has 6 N–H and O–H groups in total. The predicted octanol–water partition coefficient (Wildman–Crippen LogP) is 17.1. The minimum atomic E-state index is -1.58. The van der Waals surface area contributed by atoms with Crippen molar-refractivity contribution in [2.75, 3.05) is 13.2 Å². The van der Waals surface area contributed by atoms with Crippen LogP contribution in [0.2, 0.25) is 0 Å². The van der Waals surface area contributed by atoms with Crippen molar-refractivity contribution >= 4 is 5.91 Å². The molecule has 1 saturated heterocycles. The normalized spacial score (nSPS) is 19.3. The lowest BCUT2D eigenvalue weighted by Crippen LogP contribution is -2.60. The van der Waals surface area contributed by atoms with Crippen LogP contribution in [0.4, 0.5) is 0 Å². The molecule has 78 heavy (non-hydrogen) atoms. The lowest BCUT2D eigenvalue weighted by molar-refractivity contribution is -0.302. The van der Waals surface area contributed by atoms with Crippen LogP contribution >= 0.6 is 0 Å². The molecule has 0 bridgehead atoms. The maximum absolute atomic E-state index is 13.1. The summed E-state index contributed by atoms with van der Waals surface area (Å²) >= 11 is 0. The van der Waals surface area contributed by atoms with Gasteiger partial charge in [0.15, 0.2) is 6.29 Å². The van der Waals surface area contributed by atoms with Gasteiger partial charge in [0.2, 0.25) is 5.91 Å². The number of nitrogens with one attached hydrogen (secondary N) is 1. The average molecular weight is 1090 g/mol. The number of hydrogen-bond acceptors (Lipinski definition) is 8. The van der Waals surface area contributed by atoms with Gasteiger partial charge in [-0.05, 0) is 83.5 Å². The zero-order valence-corrected chi connectivity index (χ0v) is 50.1. The molecule has 7 atom stereocenters. The Balaban J connectivity index is 2.21. The smallest absolute Gasteiger partial charge is 0.220 e. The second kappa shape index (κ2) is 57.3. The minimum absolute atomic E-state index is 0.193. The van der Waals surface area contributed by atoms with Gasteiger partial charge in [0, 0.05) is 6.42 Å². The lowest BCUT2D eigenvalue weighted by Gasteiger charge is -2.40. The topological polar surface area (TPSA) is 149 Å². The molecule has 0 aromatic carbocycles. The number of amides is 1. The van der Waals surface area contributed by atoms with Crippen molar-refractivity contribution in [3.63, 3.8) is 0 Å². The Labute approximate surface area is 479 Å². The molecule has 0 aromatic heterocycles. The Morgan fingerprint density at radius 2 is 0.808 bits per heavy atom. The molecule has 1 fully saturated rings. The van der Waals surface area contributed by atoms with Crippen LogP contribution in [0, 0.1) is 0 Å². The molecule has 1 aliphatic rings. The Kier molecular flexibility index (Phi) is 53.8. The zero-order chi connectivity index (χ0) is 56.5. The van der Waals surface area contributed by atoms with E-state index in [0.717, 1.165) is 89.9 Å². The average Bonchev–Trinajstić information content (AvgIpc) is 3.45. The molecule has 0 spiro atoms. The predicted molar refractivity (Wildman–Crippen MR) is 331 cm³/mol. The van der Waals surface area contributed by atoms with Crippen LogP contribution in [-0.4, -0.2) is 87.5 Å². The number of rotatable bonds is 55. The van der Waals surface area contributed by atoms with Crippen molar-refractivity contribution in [3.05, 3.63) is 97.2 Å². The first-order valence-electron chi connectivity index (χ1n) is 32.5. The van der Waals surface area contributed by atoms with Gasteiger partial charge in [-0.1, -0.05) is 284 Å². The van der Waals surface area contributed by atoms with Crippen LogP contribution < -0.4 is 5.32 Å². The highest BCUT2D eigenvalue weighted by atomic mass is 16.7. The van der Waals surface area contributed by atoms with E-state index in [4.69, 9.17) is 9.47 Å². The minimum Gasteiger partial charge on any atom is -0.394 e. The Morgan fingerprint density at radius 1 is 0.449 bits per heavy atom. The van der Waals surface area contributed by atoms with Crippen molar-refractivity contribution in [1.82, 2.24) is 5.32 Å². The van der Waals surface area contributed by atoms with Crippen molar-refractivity contribution in [1.29, 1.82) is 0 Å². The van der Waals surface area contributed by atoms with Gasteiger partial charge in [-0.3, -0.25) is 4.79 Å². The van der Waals surface area contributed by atoms with E-state index in [-0.39, 0.29) is 12.5 Å². The number of allylic oxidation sites excluding steroid dienone is 15. The fourth-order valence-corrected chi connectivity index (χ4v) is 9.83. The Morgan fingerprint density at radius 3 is 1.23 bits per heavy atom. The van der Waals surface area contributed by atoms with Gasteiger partial charge < -0.3 is 40.3 Å². The van der Waals surface area contributed by atoms with E-state index >= 15 is 0 Å². The third kappa shape index (κ3) is 45.8. The van der Waals surface area contributed by atoms with E-state index < -0.39 is 49.5 Å². The lowest BCUT2D eigenvalue weighted by atomic mass is 9.99. The van der Waals surface area contributed by atoms with Gasteiger partial charge in [0.1, 0.15) is 24.4 Å². The summed E-state index contributed by atoms with van der Waals surface area (Å²) in [4.78, 5) is 13.1. The Bertz CT molecular complexity index is 1550. The fraction of sp³-hybridized carbons (Fsp3) is 0.754.